The maximum Gasteiger partial charge on any atom is 0.120 e. The van der Waals surface area contributed by atoms with Crippen molar-refractivity contribution in [2.45, 2.75) is 19.4 Å². The van der Waals surface area contributed by atoms with Gasteiger partial charge in [-0.3, -0.25) is 0 Å². The highest BCUT2D eigenvalue weighted by Crippen LogP contribution is 2.29. The quantitative estimate of drug-likeness (QED) is 0.862. The van der Waals surface area contributed by atoms with E-state index >= 15 is 0 Å². The Morgan fingerprint density at radius 3 is 2.80 bits per heavy atom. The number of benzene rings is 1. The molecule has 110 valence electrons. The van der Waals surface area contributed by atoms with Crippen molar-refractivity contribution < 1.29 is 4.74 Å². The number of ether oxygens (including phenoxy) is 1. The molecule has 0 saturated carbocycles. The Bertz CT molecular complexity index is 492. The molecular formula is C15H23N3OS. The third kappa shape index (κ3) is 3.22. The molecule has 0 amide bonds. The Kier molecular flexibility index (Phi) is 4.83. The zero-order chi connectivity index (χ0) is 14.7. The Labute approximate surface area is 126 Å². The predicted molar refractivity (Wildman–Crippen MR) is 87.8 cm³/mol. The molecule has 2 rings (SSSR count). The molecule has 1 unspecified atom stereocenters. The normalized spacial score (nSPS) is 20.6. The molecule has 20 heavy (non-hydrogen) atoms. The number of anilines is 1. The van der Waals surface area contributed by atoms with Crippen molar-refractivity contribution in [3.05, 3.63) is 23.8 Å². The summed E-state index contributed by atoms with van der Waals surface area (Å²) in [4.78, 5) is 5.19. The van der Waals surface area contributed by atoms with Crippen LogP contribution in [0.2, 0.25) is 0 Å². The fraction of sp³-hybridized carbons (Fsp3) is 0.533. The van der Waals surface area contributed by atoms with Gasteiger partial charge in [0.25, 0.3) is 0 Å². The van der Waals surface area contributed by atoms with Gasteiger partial charge in [0.05, 0.1) is 12.8 Å². The molecule has 0 aliphatic carbocycles. The average Bonchev–Trinajstić information content (AvgIpc) is 2.58. The summed E-state index contributed by atoms with van der Waals surface area (Å²) in [5.74, 6) is 0.838. The molecule has 5 heteroatoms. The summed E-state index contributed by atoms with van der Waals surface area (Å²) in [6, 6.07) is 6.32. The highest BCUT2D eigenvalue weighted by Gasteiger charge is 2.23. The van der Waals surface area contributed by atoms with Gasteiger partial charge in [0, 0.05) is 30.8 Å². The molecule has 1 aromatic carbocycles. The number of rotatable bonds is 3. The smallest absolute Gasteiger partial charge is 0.120 e. The fourth-order valence-corrected chi connectivity index (χ4v) is 2.99. The summed E-state index contributed by atoms with van der Waals surface area (Å²) >= 11 is 5.19. The van der Waals surface area contributed by atoms with Crippen LogP contribution in [0.3, 0.4) is 0 Å². The minimum Gasteiger partial charge on any atom is -0.497 e. The highest BCUT2D eigenvalue weighted by molar-refractivity contribution is 7.80. The zero-order valence-electron chi connectivity index (χ0n) is 12.4. The van der Waals surface area contributed by atoms with Gasteiger partial charge in [-0.05, 0) is 39.1 Å². The van der Waals surface area contributed by atoms with Gasteiger partial charge in [0.2, 0.25) is 0 Å². The highest BCUT2D eigenvalue weighted by atomic mass is 32.1. The first-order chi connectivity index (χ1) is 9.52. The van der Waals surface area contributed by atoms with Crippen molar-refractivity contribution in [2.24, 2.45) is 5.73 Å². The maximum absolute atomic E-state index is 5.88. The van der Waals surface area contributed by atoms with Crippen LogP contribution in [0.4, 0.5) is 5.69 Å². The molecule has 0 spiro atoms. The first-order valence-electron chi connectivity index (χ1n) is 6.96. The number of hydrogen-bond acceptors (Lipinski definition) is 4. The van der Waals surface area contributed by atoms with E-state index in [1.165, 1.54) is 0 Å². The van der Waals surface area contributed by atoms with Gasteiger partial charge in [-0.15, -0.1) is 0 Å². The molecule has 1 aliphatic rings. The summed E-state index contributed by atoms with van der Waals surface area (Å²) in [6.07, 6.45) is 1.13. The van der Waals surface area contributed by atoms with Crippen molar-refractivity contribution in [3.8, 4) is 5.75 Å². The number of nitrogens with zero attached hydrogens (tertiary/aromatic N) is 2. The lowest BCUT2D eigenvalue weighted by Crippen LogP contribution is -2.39. The molecule has 1 fully saturated rings. The molecule has 0 radical (unpaired) electrons. The van der Waals surface area contributed by atoms with Crippen LogP contribution in [0, 0.1) is 0 Å². The van der Waals surface area contributed by atoms with Crippen LogP contribution in [0.5, 0.6) is 5.75 Å². The number of methoxy groups -OCH3 is 1. The van der Waals surface area contributed by atoms with Crippen LogP contribution in [0.15, 0.2) is 18.2 Å². The van der Waals surface area contributed by atoms with Crippen LogP contribution in [0.25, 0.3) is 0 Å². The molecule has 1 aromatic rings. The molecule has 4 nitrogen and oxygen atoms in total. The molecule has 1 saturated heterocycles. The Morgan fingerprint density at radius 1 is 1.40 bits per heavy atom. The lowest BCUT2D eigenvalue weighted by Gasteiger charge is -2.32. The molecule has 2 N–H and O–H groups in total. The first kappa shape index (κ1) is 15.1. The van der Waals surface area contributed by atoms with Gasteiger partial charge in [-0.25, -0.2) is 0 Å². The standard InChI is InChI=1S/C15H23N3OS/c1-11-10-17(2)7-4-8-18(11)14-9-12(19-3)5-6-13(14)15(16)20/h5-6,9,11H,4,7-8,10H2,1-3H3,(H2,16,20). The molecule has 0 aromatic heterocycles. The van der Waals surface area contributed by atoms with E-state index in [4.69, 9.17) is 22.7 Å². The second kappa shape index (κ2) is 6.41. The Morgan fingerprint density at radius 2 is 2.15 bits per heavy atom. The molecular weight excluding hydrogens is 270 g/mol. The van der Waals surface area contributed by atoms with Gasteiger partial charge >= 0.3 is 0 Å². The van der Waals surface area contributed by atoms with Crippen LogP contribution in [-0.4, -0.2) is 49.7 Å². The number of hydrogen-bond donors (Lipinski definition) is 1. The minimum atomic E-state index is 0.419. The SMILES string of the molecule is COc1ccc(C(N)=S)c(N2CCCN(C)CC2C)c1. The van der Waals surface area contributed by atoms with Crippen molar-refractivity contribution >= 4 is 22.9 Å². The summed E-state index contributed by atoms with van der Waals surface area (Å²) in [5.41, 5.74) is 7.89. The summed E-state index contributed by atoms with van der Waals surface area (Å²) in [5, 5.41) is 0. The van der Waals surface area contributed by atoms with E-state index in [1.54, 1.807) is 7.11 Å². The van der Waals surface area contributed by atoms with E-state index in [9.17, 15) is 0 Å². The second-order valence-corrected chi connectivity index (χ2v) is 5.85. The fourth-order valence-electron chi connectivity index (χ4n) is 2.81. The van der Waals surface area contributed by atoms with E-state index in [-0.39, 0.29) is 0 Å². The predicted octanol–water partition coefficient (Wildman–Crippen LogP) is 1.86. The van der Waals surface area contributed by atoms with E-state index in [2.05, 4.69) is 23.8 Å². The van der Waals surface area contributed by atoms with Gasteiger partial charge < -0.3 is 20.3 Å². The van der Waals surface area contributed by atoms with Crippen LogP contribution in [-0.2, 0) is 0 Å². The largest absolute Gasteiger partial charge is 0.497 e. The molecule has 0 bridgehead atoms. The van der Waals surface area contributed by atoms with E-state index in [1.807, 2.05) is 18.2 Å². The van der Waals surface area contributed by atoms with Crippen molar-refractivity contribution in [3.63, 3.8) is 0 Å². The monoisotopic (exact) mass is 293 g/mol. The summed E-state index contributed by atoms with van der Waals surface area (Å²) in [6.45, 7) is 5.40. The molecule has 1 heterocycles. The third-order valence-corrected chi connectivity index (χ3v) is 4.05. The molecule has 1 aliphatic heterocycles. The topological polar surface area (TPSA) is 41.7 Å². The van der Waals surface area contributed by atoms with Crippen molar-refractivity contribution in [1.29, 1.82) is 0 Å². The number of nitrogens with two attached hydrogens (primary N) is 1. The average molecular weight is 293 g/mol. The second-order valence-electron chi connectivity index (χ2n) is 5.41. The molecule has 1 atom stereocenters. The Balaban J connectivity index is 2.40. The lowest BCUT2D eigenvalue weighted by atomic mass is 10.1. The lowest BCUT2D eigenvalue weighted by molar-refractivity contribution is 0.337. The first-order valence-corrected chi connectivity index (χ1v) is 7.36. The summed E-state index contributed by atoms with van der Waals surface area (Å²) < 4.78 is 5.35. The van der Waals surface area contributed by atoms with Gasteiger partial charge in [0.15, 0.2) is 0 Å². The minimum absolute atomic E-state index is 0.419. The zero-order valence-corrected chi connectivity index (χ0v) is 13.2. The Hall–Kier alpha value is -1.33. The van der Waals surface area contributed by atoms with Crippen LogP contribution in [0.1, 0.15) is 18.9 Å². The van der Waals surface area contributed by atoms with Gasteiger partial charge in [-0.1, -0.05) is 12.2 Å². The van der Waals surface area contributed by atoms with Gasteiger partial charge in [-0.2, -0.15) is 0 Å². The maximum atomic E-state index is 5.88. The number of likely N-dealkylation sites (N-methyl/N-ethyl adjacent to an activating group) is 1. The van der Waals surface area contributed by atoms with E-state index in [0.717, 1.165) is 43.1 Å². The van der Waals surface area contributed by atoms with Crippen molar-refractivity contribution in [2.75, 3.05) is 38.7 Å². The van der Waals surface area contributed by atoms with E-state index < -0.39 is 0 Å². The third-order valence-electron chi connectivity index (χ3n) is 3.83. The van der Waals surface area contributed by atoms with Crippen LogP contribution < -0.4 is 15.4 Å². The van der Waals surface area contributed by atoms with E-state index in [0.29, 0.717) is 11.0 Å². The number of thiocarbonyl (C=S) groups is 1. The van der Waals surface area contributed by atoms with Crippen LogP contribution >= 0.6 is 12.2 Å². The van der Waals surface area contributed by atoms with Crippen molar-refractivity contribution in [1.82, 2.24) is 4.90 Å². The summed E-state index contributed by atoms with van der Waals surface area (Å²) in [7, 11) is 3.85. The van der Waals surface area contributed by atoms with Gasteiger partial charge in [0.1, 0.15) is 10.7 Å².